The molecule has 0 radical (unpaired) electrons. The van der Waals surface area contributed by atoms with E-state index >= 15 is 0 Å². The number of pyridine rings is 5. The van der Waals surface area contributed by atoms with E-state index in [2.05, 4.69) is 261 Å². The van der Waals surface area contributed by atoms with Gasteiger partial charge in [-0.3, -0.25) is 0 Å². The Morgan fingerprint density at radius 3 is 1.01 bits per heavy atom. The average Bonchev–Trinajstić information content (AvgIpc) is 0.779. The predicted octanol–water partition coefficient (Wildman–Crippen LogP) is 21.8. The third-order valence-corrected chi connectivity index (χ3v) is 19.7. The summed E-state index contributed by atoms with van der Waals surface area (Å²) in [6.45, 7) is 43.5. The Morgan fingerprint density at radius 2 is 0.646 bits per heavy atom. The summed E-state index contributed by atoms with van der Waals surface area (Å²) < 4.78 is 94.3. The molecule has 5 nitrogen and oxygen atoms in total. The molecule has 524 valence electrons. The fourth-order valence-electron chi connectivity index (χ4n) is 13.0. The molecular formula is C94H128N5+5. The molecule has 5 heteroatoms. The quantitative estimate of drug-likeness (QED) is 0.128. The smallest absolute Gasteiger partial charge is 0.201 e. The van der Waals surface area contributed by atoms with Crippen LogP contribution in [-0.2, 0) is 68.7 Å². The minimum Gasteiger partial charge on any atom is -0.201 e. The molecule has 0 aliphatic rings. The molecule has 0 aliphatic heterocycles. The first-order valence-corrected chi connectivity index (χ1v) is 35.4. The maximum Gasteiger partial charge on any atom is 0.212 e. The van der Waals surface area contributed by atoms with Crippen LogP contribution in [0.2, 0.25) is 0 Å². The summed E-state index contributed by atoms with van der Waals surface area (Å²) in [6.07, 6.45) is 11.7. The van der Waals surface area contributed by atoms with Gasteiger partial charge < -0.3 is 0 Å². The van der Waals surface area contributed by atoms with Crippen LogP contribution in [0.1, 0.15) is 228 Å². The molecule has 0 N–H and O–H groups in total. The van der Waals surface area contributed by atoms with Crippen molar-refractivity contribution in [3.8, 4) is 56.3 Å². The van der Waals surface area contributed by atoms with Gasteiger partial charge in [-0.15, -0.1) is 0 Å². The summed E-state index contributed by atoms with van der Waals surface area (Å²) in [5, 5.41) is 0. The van der Waals surface area contributed by atoms with Crippen molar-refractivity contribution < 1.29 is 37.9 Å². The first-order valence-electron chi connectivity index (χ1n) is 40.9. The fourth-order valence-corrected chi connectivity index (χ4v) is 13.0. The molecule has 0 aliphatic carbocycles. The second-order valence-electron chi connectivity index (χ2n) is 31.9. The molecule has 99 heavy (non-hydrogen) atoms. The number of hydrogen-bond acceptors (Lipinski definition) is 0. The molecule has 0 fully saturated rings. The Labute approximate surface area is 618 Å². The van der Waals surface area contributed by atoms with Crippen molar-refractivity contribution in [2.24, 2.45) is 35.2 Å². The molecule has 0 saturated carbocycles. The highest BCUT2D eigenvalue weighted by Gasteiger charge is 2.31. The van der Waals surface area contributed by atoms with Crippen LogP contribution < -0.4 is 22.8 Å². The zero-order chi connectivity index (χ0) is 83.3. The molecule has 0 spiro atoms. The summed E-state index contributed by atoms with van der Waals surface area (Å²) in [7, 11) is 10.3. The van der Waals surface area contributed by atoms with E-state index in [1.807, 2.05) is 89.9 Å². The van der Waals surface area contributed by atoms with E-state index in [-0.39, 0.29) is 27.1 Å². The van der Waals surface area contributed by atoms with Crippen molar-refractivity contribution in [2.75, 3.05) is 0 Å². The van der Waals surface area contributed by atoms with Gasteiger partial charge in [-0.25, -0.2) is 22.8 Å². The van der Waals surface area contributed by atoms with Gasteiger partial charge in [0.1, 0.15) is 35.2 Å². The van der Waals surface area contributed by atoms with Crippen LogP contribution in [0.3, 0.4) is 0 Å². The van der Waals surface area contributed by atoms with Crippen molar-refractivity contribution in [3.05, 3.63) is 266 Å². The highest BCUT2D eigenvalue weighted by Crippen LogP contribution is 2.37. The van der Waals surface area contributed by atoms with Gasteiger partial charge in [0, 0.05) is 101 Å². The Kier molecular flexibility index (Phi) is 21.3. The summed E-state index contributed by atoms with van der Waals surface area (Å²) in [5.74, 6) is 0. The van der Waals surface area contributed by atoms with Gasteiger partial charge in [-0.1, -0.05) is 200 Å². The van der Waals surface area contributed by atoms with E-state index in [0.29, 0.717) is 16.7 Å². The first kappa shape index (κ1) is 64.2. The molecule has 0 amide bonds. The average molecular weight is 1340 g/mol. The summed E-state index contributed by atoms with van der Waals surface area (Å²) in [4.78, 5) is 0. The standard InChI is InChI=1S/C21H30N.C20H28N.C19H26N.C18H24N.C16H20N/c1-15-11-9-10-12-16(15)19-13-17(20(2,3)4)18(14-22(19)8)21(5,6)7;1-7-20(5,8-2)17-10-12-19(21(6)14-17)18-11-9-15(3)13-16(18)4;1-13-8-9-16(14(2)10-13)18-11-15(3)17(12-20(18)7)19(4,5)6;1-13-7-9-16(14(2)11-13)17-10-8-15(12-19(17)6)18(3,4)5;1-5-14-11-17(4)16(10-13(14)3)15-9-7-6-8-12(15)2/h9-14H,1-8H3;9-14H,7-8H2,1-6H3;8-12H,1-7H3;7-12H,1-6H3;6-11H,5H2,1-4H3/q5*+1/i;3D3;2*1D3;5D2. The lowest BCUT2D eigenvalue weighted by Gasteiger charge is -2.29. The number of aryl methyl sites for hydroxylation is 16. The van der Waals surface area contributed by atoms with Gasteiger partial charge >= 0.3 is 0 Å². The van der Waals surface area contributed by atoms with Gasteiger partial charge in [0.05, 0.1) is 0 Å². The minimum atomic E-state index is -2.06. The SMILES string of the molecule is Cc1ccccc1-c1cc(C(C)(C)C)c(C(C)(C)C)c[n+]1C.[2H]C([2H])(C)c1c[n+](C)c(-c2ccccc2C)cc1C.[2H]C([2H])([2H])c1ccc(-c2cc(C)c(C(C)(C)C)c[n+]2C)c(C)c1.[2H]C([2H])([2H])c1ccc(-c2ccc(C(C)(C)C)c[n+]2C)c(C)c1.[2H]C([2H])([2H])c1ccc(-c2ccc(C(C)(CC)CC)c[n+]2C)c(C)c1. The lowest BCUT2D eigenvalue weighted by Crippen LogP contribution is -2.36. The lowest BCUT2D eigenvalue weighted by molar-refractivity contribution is -0.661. The number of rotatable bonds is 9. The van der Waals surface area contributed by atoms with Crippen LogP contribution in [0.15, 0.2) is 177 Å². The second kappa shape index (κ2) is 32.9. The Morgan fingerprint density at radius 1 is 0.303 bits per heavy atom. The fraction of sp³-hybridized carbons (Fsp3) is 0.415. The van der Waals surface area contributed by atoms with Crippen molar-refractivity contribution in [2.45, 2.75) is 226 Å². The zero-order valence-electron chi connectivity index (χ0n) is 76.9. The van der Waals surface area contributed by atoms with Crippen molar-refractivity contribution >= 4 is 0 Å². The van der Waals surface area contributed by atoms with Crippen molar-refractivity contribution in [3.63, 3.8) is 0 Å². The van der Waals surface area contributed by atoms with Crippen molar-refractivity contribution in [1.82, 2.24) is 0 Å². The molecule has 0 saturated heterocycles. The van der Waals surface area contributed by atoms with E-state index in [1.54, 1.807) is 43.3 Å². The van der Waals surface area contributed by atoms with Gasteiger partial charge in [0.25, 0.3) is 0 Å². The second-order valence-corrected chi connectivity index (χ2v) is 31.9. The van der Waals surface area contributed by atoms with Crippen LogP contribution in [0.4, 0.5) is 0 Å². The topological polar surface area (TPSA) is 19.4 Å². The van der Waals surface area contributed by atoms with Crippen LogP contribution in [-0.4, -0.2) is 0 Å². The summed E-state index contributed by atoms with van der Waals surface area (Å²) >= 11 is 0. The molecule has 0 unspecified atom stereocenters. The third kappa shape index (κ3) is 20.3. The zero-order valence-corrected chi connectivity index (χ0v) is 65.9. The molecule has 0 atom stereocenters. The molecule has 5 aromatic carbocycles. The van der Waals surface area contributed by atoms with Gasteiger partial charge in [-0.05, 0) is 202 Å². The predicted molar refractivity (Wildman–Crippen MR) is 425 cm³/mol. The van der Waals surface area contributed by atoms with Crippen LogP contribution >= 0.6 is 0 Å². The van der Waals surface area contributed by atoms with Crippen LogP contribution in [0, 0.1) is 69.0 Å². The maximum absolute atomic E-state index is 7.88. The van der Waals surface area contributed by atoms with Gasteiger partial charge in [-0.2, -0.15) is 0 Å². The minimum absolute atomic E-state index is 0.0978. The van der Waals surface area contributed by atoms with Crippen LogP contribution in [0.25, 0.3) is 56.3 Å². The van der Waals surface area contributed by atoms with E-state index in [1.165, 1.54) is 61.3 Å². The van der Waals surface area contributed by atoms with Crippen molar-refractivity contribution in [1.29, 1.82) is 0 Å². The molecular weight excluding hydrogens is 1200 g/mol. The molecule has 10 rings (SSSR count). The van der Waals surface area contributed by atoms with E-state index in [0.717, 1.165) is 80.1 Å². The van der Waals surface area contributed by atoms with Gasteiger partial charge in [0.15, 0.2) is 31.0 Å². The first-order chi connectivity index (χ1) is 50.3. The van der Waals surface area contributed by atoms with E-state index < -0.39 is 26.9 Å². The normalized spacial score (nSPS) is 13.9. The molecule has 5 heterocycles. The monoisotopic (exact) mass is 1340 g/mol. The number of hydrogen-bond donors (Lipinski definition) is 0. The molecule has 10 aromatic rings. The molecule has 5 aromatic heterocycles. The number of nitrogens with zero attached hydrogens (tertiary/aromatic N) is 5. The van der Waals surface area contributed by atoms with Gasteiger partial charge in [0.2, 0.25) is 28.5 Å². The maximum atomic E-state index is 7.88. The van der Waals surface area contributed by atoms with Crippen LogP contribution in [0.5, 0.6) is 0 Å². The highest BCUT2D eigenvalue weighted by molar-refractivity contribution is 5.66. The summed E-state index contributed by atoms with van der Waals surface area (Å²) in [5.41, 5.74) is 28.6. The highest BCUT2D eigenvalue weighted by atomic mass is 14.9. The largest absolute Gasteiger partial charge is 0.212 e. The number of benzene rings is 5. The Bertz CT molecular complexity index is 4820. The molecule has 0 bridgehead atoms. The summed E-state index contributed by atoms with van der Waals surface area (Å²) in [6, 6.07) is 48.3. The van der Waals surface area contributed by atoms with E-state index in [4.69, 9.17) is 15.1 Å². The van der Waals surface area contributed by atoms with E-state index in [9.17, 15) is 0 Å². The Hall–Kier alpha value is -8.15. The number of aromatic nitrogens is 5. The lowest BCUT2D eigenvalue weighted by atomic mass is 9.75. The third-order valence-electron chi connectivity index (χ3n) is 19.7. The Balaban J connectivity index is 0.000000215.